The fraction of sp³-hybridized carbons (Fsp3) is 0.650. The summed E-state index contributed by atoms with van der Waals surface area (Å²) in [5.74, 6) is 0.326. The van der Waals surface area contributed by atoms with Crippen LogP contribution < -0.4 is 9.80 Å². The van der Waals surface area contributed by atoms with Crippen molar-refractivity contribution in [1.29, 1.82) is 0 Å². The van der Waals surface area contributed by atoms with Gasteiger partial charge in [0.25, 0.3) is 0 Å². The molecule has 138 valence electrons. The predicted octanol–water partition coefficient (Wildman–Crippen LogP) is 2.28. The molecule has 5 nitrogen and oxygen atoms in total. The molecule has 0 radical (unpaired) electrons. The summed E-state index contributed by atoms with van der Waals surface area (Å²) in [6.45, 7) is 10.2. The first kappa shape index (κ1) is 18.1. The number of likely N-dealkylation sites (N-methyl/N-ethyl adjacent to an activating group) is 1. The lowest BCUT2D eigenvalue weighted by Gasteiger charge is -2.37. The highest BCUT2D eigenvalue weighted by Gasteiger charge is 2.21. The van der Waals surface area contributed by atoms with Crippen molar-refractivity contribution < 1.29 is 4.79 Å². The first-order valence-corrected chi connectivity index (χ1v) is 9.73. The molecule has 1 aromatic carbocycles. The van der Waals surface area contributed by atoms with E-state index >= 15 is 0 Å². The number of benzene rings is 1. The minimum absolute atomic E-state index is 0.326. The molecule has 0 N–H and O–H groups in total. The van der Waals surface area contributed by atoms with Gasteiger partial charge in [-0.05, 0) is 37.7 Å². The van der Waals surface area contributed by atoms with E-state index in [2.05, 4.69) is 52.9 Å². The summed E-state index contributed by atoms with van der Waals surface area (Å²) in [7, 11) is 2.19. The van der Waals surface area contributed by atoms with Crippen LogP contribution in [0.1, 0.15) is 26.2 Å². The third-order valence-corrected chi connectivity index (χ3v) is 5.46. The van der Waals surface area contributed by atoms with Crippen molar-refractivity contribution in [1.82, 2.24) is 9.80 Å². The highest BCUT2D eigenvalue weighted by atomic mass is 16.2. The average molecular weight is 345 g/mol. The van der Waals surface area contributed by atoms with Gasteiger partial charge in [-0.25, -0.2) is 0 Å². The number of hydrogen-bond acceptors (Lipinski definition) is 4. The number of rotatable bonds is 5. The van der Waals surface area contributed by atoms with Gasteiger partial charge in [-0.3, -0.25) is 4.79 Å². The van der Waals surface area contributed by atoms with Gasteiger partial charge in [-0.15, -0.1) is 0 Å². The van der Waals surface area contributed by atoms with Crippen LogP contribution in [-0.2, 0) is 4.79 Å². The van der Waals surface area contributed by atoms with E-state index in [9.17, 15) is 4.79 Å². The first-order chi connectivity index (χ1) is 12.2. The summed E-state index contributed by atoms with van der Waals surface area (Å²) in [6.07, 6.45) is 2.80. The molecule has 2 fully saturated rings. The Labute approximate surface area is 152 Å². The quantitative estimate of drug-likeness (QED) is 0.820. The van der Waals surface area contributed by atoms with Crippen LogP contribution in [0.25, 0.3) is 0 Å². The topological polar surface area (TPSA) is 30.0 Å². The second-order valence-corrected chi connectivity index (χ2v) is 7.28. The molecule has 2 heterocycles. The van der Waals surface area contributed by atoms with Crippen LogP contribution in [0.5, 0.6) is 0 Å². The lowest BCUT2D eigenvalue weighted by molar-refractivity contribution is -0.131. The Bertz CT molecular complexity index is 543. The first-order valence-electron chi connectivity index (χ1n) is 9.73. The van der Waals surface area contributed by atoms with Crippen LogP contribution in [0.15, 0.2) is 24.3 Å². The van der Waals surface area contributed by atoms with Gasteiger partial charge in [0.05, 0.1) is 0 Å². The molecule has 0 aromatic heterocycles. The van der Waals surface area contributed by atoms with Gasteiger partial charge in [-0.2, -0.15) is 0 Å². The Balaban J connectivity index is 1.51. The van der Waals surface area contributed by atoms with E-state index in [1.54, 1.807) is 0 Å². The molecule has 0 spiro atoms. The molecule has 1 aromatic rings. The monoisotopic (exact) mass is 344 g/mol. The van der Waals surface area contributed by atoms with E-state index in [4.69, 9.17) is 0 Å². The number of anilines is 2. The molecule has 0 atom stereocenters. The maximum atomic E-state index is 12.1. The largest absolute Gasteiger partial charge is 0.369 e. The van der Waals surface area contributed by atoms with E-state index in [0.29, 0.717) is 12.3 Å². The van der Waals surface area contributed by atoms with Crippen LogP contribution in [0, 0.1) is 0 Å². The molecule has 2 aliphatic heterocycles. The summed E-state index contributed by atoms with van der Waals surface area (Å²) in [4.78, 5) is 21.4. The molecule has 5 heteroatoms. The van der Waals surface area contributed by atoms with Crippen molar-refractivity contribution in [2.24, 2.45) is 0 Å². The van der Waals surface area contributed by atoms with Gasteiger partial charge in [0.2, 0.25) is 5.91 Å². The van der Waals surface area contributed by atoms with Gasteiger partial charge in [0.15, 0.2) is 0 Å². The average Bonchev–Trinajstić information content (AvgIpc) is 2.67. The molecule has 2 aliphatic rings. The Morgan fingerprint density at radius 3 is 1.80 bits per heavy atom. The van der Waals surface area contributed by atoms with Crippen LogP contribution in [0.3, 0.4) is 0 Å². The molecular weight excluding hydrogens is 312 g/mol. The number of hydrogen-bond donors (Lipinski definition) is 0. The second kappa shape index (κ2) is 8.56. The van der Waals surface area contributed by atoms with E-state index in [-0.39, 0.29) is 0 Å². The van der Waals surface area contributed by atoms with Crippen molar-refractivity contribution in [3.63, 3.8) is 0 Å². The highest BCUT2D eigenvalue weighted by Crippen LogP contribution is 2.23. The van der Waals surface area contributed by atoms with Crippen molar-refractivity contribution in [3.05, 3.63) is 24.3 Å². The molecule has 0 saturated carbocycles. The van der Waals surface area contributed by atoms with E-state index < -0.39 is 0 Å². The van der Waals surface area contributed by atoms with Crippen molar-refractivity contribution in [2.75, 3.05) is 69.2 Å². The summed E-state index contributed by atoms with van der Waals surface area (Å²) >= 11 is 0. The summed E-state index contributed by atoms with van der Waals surface area (Å²) in [5, 5.41) is 0. The third kappa shape index (κ3) is 4.66. The zero-order chi connectivity index (χ0) is 17.6. The van der Waals surface area contributed by atoms with Crippen molar-refractivity contribution >= 4 is 17.3 Å². The Morgan fingerprint density at radius 1 is 0.840 bits per heavy atom. The molecule has 1 amide bonds. The van der Waals surface area contributed by atoms with Crippen molar-refractivity contribution in [2.45, 2.75) is 26.2 Å². The fourth-order valence-electron chi connectivity index (χ4n) is 3.64. The molecule has 3 rings (SSSR count). The van der Waals surface area contributed by atoms with E-state index in [1.807, 2.05) is 4.90 Å². The Hall–Kier alpha value is -1.75. The summed E-state index contributed by atoms with van der Waals surface area (Å²) in [6, 6.07) is 8.98. The molecule has 2 saturated heterocycles. The number of nitrogens with zero attached hydrogens (tertiary/aromatic N) is 4. The number of amides is 1. The van der Waals surface area contributed by atoms with Gasteiger partial charge in [0.1, 0.15) is 0 Å². The van der Waals surface area contributed by atoms with Crippen LogP contribution in [0.4, 0.5) is 11.4 Å². The number of piperazine rings is 2. The maximum Gasteiger partial charge on any atom is 0.222 e. The van der Waals surface area contributed by atoms with Crippen LogP contribution in [-0.4, -0.2) is 75.1 Å². The van der Waals surface area contributed by atoms with Gasteiger partial charge < -0.3 is 19.6 Å². The summed E-state index contributed by atoms with van der Waals surface area (Å²) < 4.78 is 0. The lowest BCUT2D eigenvalue weighted by atomic mass is 10.2. The van der Waals surface area contributed by atoms with Gasteiger partial charge >= 0.3 is 0 Å². The standard InChI is InChI=1S/C20H32N4O/c1-3-4-5-20(25)24-16-14-23(15-17-24)19-8-6-18(7-9-19)22-12-10-21(2)11-13-22/h6-9H,3-5,10-17H2,1-2H3. The van der Waals surface area contributed by atoms with Crippen molar-refractivity contribution in [3.8, 4) is 0 Å². The number of carbonyl (C=O) groups excluding carboxylic acids is 1. The third-order valence-electron chi connectivity index (χ3n) is 5.46. The SMILES string of the molecule is CCCCC(=O)N1CCN(c2ccc(N3CCN(C)CC3)cc2)CC1. The van der Waals surface area contributed by atoms with Crippen LogP contribution in [0.2, 0.25) is 0 Å². The van der Waals surface area contributed by atoms with Gasteiger partial charge in [0, 0.05) is 70.2 Å². The van der Waals surface area contributed by atoms with E-state index in [0.717, 1.165) is 65.2 Å². The molecular formula is C20H32N4O. The minimum atomic E-state index is 0.326. The van der Waals surface area contributed by atoms with E-state index in [1.165, 1.54) is 11.4 Å². The molecule has 25 heavy (non-hydrogen) atoms. The van der Waals surface area contributed by atoms with Crippen LogP contribution >= 0.6 is 0 Å². The highest BCUT2D eigenvalue weighted by molar-refractivity contribution is 5.76. The lowest BCUT2D eigenvalue weighted by Crippen LogP contribution is -2.48. The minimum Gasteiger partial charge on any atom is -0.369 e. The zero-order valence-corrected chi connectivity index (χ0v) is 15.8. The second-order valence-electron chi connectivity index (χ2n) is 7.28. The number of carbonyl (C=O) groups is 1. The maximum absolute atomic E-state index is 12.1. The fourth-order valence-corrected chi connectivity index (χ4v) is 3.64. The predicted molar refractivity (Wildman–Crippen MR) is 104 cm³/mol. The summed E-state index contributed by atoms with van der Waals surface area (Å²) in [5.41, 5.74) is 2.60. The normalized spacial score (nSPS) is 19.4. The molecule has 0 bridgehead atoms. The number of unbranched alkanes of at least 4 members (excludes halogenated alkanes) is 1. The van der Waals surface area contributed by atoms with Gasteiger partial charge in [-0.1, -0.05) is 13.3 Å². The smallest absolute Gasteiger partial charge is 0.222 e. The molecule has 0 unspecified atom stereocenters. The Kier molecular flexibility index (Phi) is 6.19. The Morgan fingerprint density at radius 2 is 1.32 bits per heavy atom. The zero-order valence-electron chi connectivity index (χ0n) is 15.8. The molecule has 0 aliphatic carbocycles.